The van der Waals surface area contributed by atoms with Crippen molar-refractivity contribution in [2.45, 2.75) is 6.42 Å². The zero-order valence-corrected chi connectivity index (χ0v) is 9.59. The zero-order chi connectivity index (χ0) is 11.8. The van der Waals surface area contributed by atoms with Gasteiger partial charge in [-0.15, -0.1) is 11.3 Å². The van der Waals surface area contributed by atoms with E-state index in [0.717, 1.165) is 16.3 Å². The second kappa shape index (κ2) is 3.92. The van der Waals surface area contributed by atoms with Gasteiger partial charge in [0.15, 0.2) is 0 Å². The molecule has 86 valence electrons. The molecule has 0 N–H and O–H groups in total. The van der Waals surface area contributed by atoms with Crippen LogP contribution in [0.5, 0.6) is 0 Å². The SMILES string of the molecule is O=C1OCCc2nc(-c3ccc(F)cc3)sc21. The van der Waals surface area contributed by atoms with E-state index in [1.54, 1.807) is 12.1 Å². The fraction of sp³-hybridized carbons (Fsp3) is 0.167. The van der Waals surface area contributed by atoms with Gasteiger partial charge in [-0.25, -0.2) is 14.2 Å². The van der Waals surface area contributed by atoms with Crippen LogP contribution in [0, 0.1) is 5.82 Å². The third-order valence-electron chi connectivity index (χ3n) is 2.55. The molecular formula is C12H8FNO2S. The van der Waals surface area contributed by atoms with Crippen LogP contribution >= 0.6 is 11.3 Å². The van der Waals surface area contributed by atoms with E-state index in [9.17, 15) is 9.18 Å². The molecule has 0 saturated heterocycles. The summed E-state index contributed by atoms with van der Waals surface area (Å²) in [6, 6.07) is 6.08. The summed E-state index contributed by atoms with van der Waals surface area (Å²) in [6.07, 6.45) is 0.652. The predicted molar refractivity (Wildman–Crippen MR) is 61.5 cm³/mol. The molecule has 3 nitrogen and oxygen atoms in total. The van der Waals surface area contributed by atoms with Crippen molar-refractivity contribution in [1.82, 2.24) is 4.98 Å². The maximum absolute atomic E-state index is 12.8. The van der Waals surface area contributed by atoms with Crippen molar-refractivity contribution in [1.29, 1.82) is 0 Å². The minimum atomic E-state index is -0.308. The summed E-state index contributed by atoms with van der Waals surface area (Å²) < 4.78 is 17.7. The second-order valence-electron chi connectivity index (χ2n) is 3.69. The van der Waals surface area contributed by atoms with Crippen LogP contribution in [0.15, 0.2) is 24.3 Å². The van der Waals surface area contributed by atoms with Gasteiger partial charge in [-0.2, -0.15) is 0 Å². The molecule has 0 unspecified atom stereocenters. The molecule has 2 heterocycles. The highest BCUT2D eigenvalue weighted by Gasteiger charge is 2.23. The fourth-order valence-electron chi connectivity index (χ4n) is 1.70. The van der Waals surface area contributed by atoms with Crippen LogP contribution < -0.4 is 0 Å². The highest BCUT2D eigenvalue weighted by molar-refractivity contribution is 7.17. The Morgan fingerprint density at radius 1 is 1.29 bits per heavy atom. The Hall–Kier alpha value is -1.75. The summed E-state index contributed by atoms with van der Waals surface area (Å²) in [5.74, 6) is -0.591. The topological polar surface area (TPSA) is 39.2 Å². The lowest BCUT2D eigenvalue weighted by Crippen LogP contribution is -2.15. The largest absolute Gasteiger partial charge is 0.461 e. The first-order valence-corrected chi connectivity index (χ1v) is 5.98. The van der Waals surface area contributed by atoms with Crippen molar-refractivity contribution in [3.8, 4) is 10.6 Å². The van der Waals surface area contributed by atoms with Gasteiger partial charge >= 0.3 is 5.97 Å². The van der Waals surface area contributed by atoms with Crippen LogP contribution in [0.4, 0.5) is 4.39 Å². The standard InChI is InChI=1S/C12H8FNO2S/c13-8-3-1-7(2-4-8)11-14-9-5-6-16-12(15)10(9)17-11/h1-4H,5-6H2. The molecule has 3 rings (SSSR count). The van der Waals surface area contributed by atoms with Gasteiger partial charge < -0.3 is 4.74 Å². The molecule has 17 heavy (non-hydrogen) atoms. The number of esters is 1. The molecule has 1 aromatic carbocycles. The van der Waals surface area contributed by atoms with Crippen LogP contribution in [-0.4, -0.2) is 17.6 Å². The summed E-state index contributed by atoms with van der Waals surface area (Å²) in [7, 11) is 0. The van der Waals surface area contributed by atoms with Crippen LogP contribution in [0.2, 0.25) is 0 Å². The van der Waals surface area contributed by atoms with Crippen LogP contribution in [0.1, 0.15) is 15.4 Å². The van der Waals surface area contributed by atoms with Crippen molar-refractivity contribution >= 4 is 17.3 Å². The predicted octanol–water partition coefficient (Wildman–Crippen LogP) is 2.66. The first kappa shape index (κ1) is 10.4. The molecule has 0 bridgehead atoms. The van der Waals surface area contributed by atoms with Crippen molar-refractivity contribution < 1.29 is 13.9 Å². The third kappa shape index (κ3) is 1.82. The molecule has 0 atom stereocenters. The van der Waals surface area contributed by atoms with E-state index in [2.05, 4.69) is 4.98 Å². The maximum atomic E-state index is 12.8. The van der Waals surface area contributed by atoms with Gasteiger partial charge in [0.05, 0.1) is 12.3 Å². The molecule has 0 saturated carbocycles. The lowest BCUT2D eigenvalue weighted by atomic mass is 10.2. The number of hydrogen-bond acceptors (Lipinski definition) is 4. The van der Waals surface area contributed by atoms with E-state index in [0.29, 0.717) is 17.9 Å². The average Bonchev–Trinajstić information content (AvgIpc) is 2.75. The van der Waals surface area contributed by atoms with Crippen molar-refractivity contribution in [3.63, 3.8) is 0 Å². The zero-order valence-electron chi connectivity index (χ0n) is 8.77. The van der Waals surface area contributed by atoms with Gasteiger partial charge in [-0.05, 0) is 24.3 Å². The number of thiazole rings is 1. The molecule has 1 aliphatic rings. The van der Waals surface area contributed by atoms with Crippen molar-refractivity contribution in [2.75, 3.05) is 6.61 Å². The van der Waals surface area contributed by atoms with E-state index in [-0.39, 0.29) is 11.8 Å². The number of carbonyl (C=O) groups is 1. The molecule has 5 heteroatoms. The van der Waals surface area contributed by atoms with Gasteiger partial charge in [0.1, 0.15) is 15.7 Å². The summed E-state index contributed by atoms with van der Waals surface area (Å²) in [5.41, 5.74) is 1.60. The fourth-order valence-corrected chi connectivity index (χ4v) is 2.71. The van der Waals surface area contributed by atoms with E-state index in [4.69, 9.17) is 4.74 Å². The van der Waals surface area contributed by atoms with Gasteiger partial charge in [0, 0.05) is 12.0 Å². The van der Waals surface area contributed by atoms with Crippen LogP contribution in [0.3, 0.4) is 0 Å². The number of nitrogens with zero attached hydrogens (tertiary/aromatic N) is 1. The van der Waals surface area contributed by atoms with Gasteiger partial charge in [0.2, 0.25) is 0 Å². The Labute approximate surface area is 101 Å². The summed E-state index contributed by atoms with van der Waals surface area (Å²) in [4.78, 5) is 16.4. The number of rotatable bonds is 1. The molecule has 0 spiro atoms. The Bertz CT molecular complexity index is 577. The summed E-state index contributed by atoms with van der Waals surface area (Å²) in [5, 5.41) is 0.730. The quantitative estimate of drug-likeness (QED) is 0.729. The average molecular weight is 249 g/mol. The molecule has 1 aromatic heterocycles. The molecule has 0 radical (unpaired) electrons. The lowest BCUT2D eigenvalue weighted by molar-refractivity contribution is 0.0485. The monoisotopic (exact) mass is 249 g/mol. The third-order valence-corrected chi connectivity index (χ3v) is 3.67. The summed E-state index contributed by atoms with van der Waals surface area (Å²) >= 11 is 1.29. The normalized spacial score (nSPS) is 14.3. The highest BCUT2D eigenvalue weighted by atomic mass is 32.1. The van der Waals surface area contributed by atoms with Crippen LogP contribution in [-0.2, 0) is 11.2 Å². The van der Waals surface area contributed by atoms with E-state index >= 15 is 0 Å². The Morgan fingerprint density at radius 2 is 2.06 bits per heavy atom. The Kier molecular flexibility index (Phi) is 2.40. The van der Waals surface area contributed by atoms with E-state index in [1.165, 1.54) is 23.5 Å². The molecule has 0 fully saturated rings. The molecule has 2 aromatic rings. The molecule has 0 aliphatic carbocycles. The highest BCUT2D eigenvalue weighted by Crippen LogP contribution is 2.30. The minimum absolute atomic E-state index is 0.283. The number of hydrogen-bond donors (Lipinski definition) is 0. The Balaban J connectivity index is 2.05. The van der Waals surface area contributed by atoms with Crippen molar-refractivity contribution in [2.24, 2.45) is 0 Å². The number of halogens is 1. The number of aromatic nitrogens is 1. The number of cyclic esters (lactones) is 1. The second-order valence-corrected chi connectivity index (χ2v) is 4.69. The van der Waals surface area contributed by atoms with Gasteiger partial charge in [-0.3, -0.25) is 0 Å². The number of benzene rings is 1. The van der Waals surface area contributed by atoms with E-state index in [1.807, 2.05) is 0 Å². The number of carbonyl (C=O) groups excluding carboxylic acids is 1. The maximum Gasteiger partial charge on any atom is 0.350 e. The number of ether oxygens (including phenoxy) is 1. The summed E-state index contributed by atoms with van der Waals surface area (Å²) in [6.45, 7) is 0.387. The lowest BCUT2D eigenvalue weighted by Gasteiger charge is -2.08. The van der Waals surface area contributed by atoms with Crippen LogP contribution in [0.25, 0.3) is 10.6 Å². The van der Waals surface area contributed by atoms with Gasteiger partial charge in [0.25, 0.3) is 0 Å². The smallest absolute Gasteiger partial charge is 0.350 e. The number of fused-ring (bicyclic) bond motifs is 1. The van der Waals surface area contributed by atoms with Gasteiger partial charge in [-0.1, -0.05) is 0 Å². The Morgan fingerprint density at radius 3 is 2.76 bits per heavy atom. The molecular weight excluding hydrogens is 241 g/mol. The van der Waals surface area contributed by atoms with E-state index < -0.39 is 0 Å². The molecule has 1 aliphatic heterocycles. The minimum Gasteiger partial charge on any atom is -0.461 e. The first-order valence-electron chi connectivity index (χ1n) is 5.17. The van der Waals surface area contributed by atoms with Crippen molar-refractivity contribution in [3.05, 3.63) is 40.7 Å². The first-order chi connectivity index (χ1) is 8.24. The molecule has 0 amide bonds.